The minimum Gasteiger partial charge on any atom is -0.395 e. The number of thioether (sulfide) groups is 1. The zero-order valence-electron chi connectivity index (χ0n) is 19.3. The predicted molar refractivity (Wildman–Crippen MR) is 139 cm³/mol. The minimum atomic E-state index is -2.58. The summed E-state index contributed by atoms with van der Waals surface area (Å²) >= 11 is 1.85. The molecule has 0 unspecified atom stereocenters. The van der Waals surface area contributed by atoms with Crippen molar-refractivity contribution in [1.29, 1.82) is 0 Å². The van der Waals surface area contributed by atoms with E-state index in [2.05, 4.69) is 119 Å². The van der Waals surface area contributed by atoms with Crippen LogP contribution in [0.3, 0.4) is 0 Å². The van der Waals surface area contributed by atoms with Gasteiger partial charge in [-0.2, -0.15) is 0 Å². The third-order valence-corrected chi connectivity index (χ3v) is 14.0. The predicted octanol–water partition coefficient (Wildman–Crippen LogP) is 6.30. The Morgan fingerprint density at radius 1 is 0.774 bits per heavy atom. The monoisotopic (exact) mass is 448 g/mol. The first-order chi connectivity index (χ1) is 14.9. The summed E-state index contributed by atoms with van der Waals surface area (Å²) in [6.07, 6.45) is 3.28. The van der Waals surface area contributed by atoms with Crippen molar-refractivity contribution >= 4 is 30.2 Å². The average molecular weight is 449 g/mol. The van der Waals surface area contributed by atoms with Crippen LogP contribution in [0.4, 0.5) is 0 Å². The van der Waals surface area contributed by atoms with Gasteiger partial charge in [-0.3, -0.25) is 0 Å². The van der Waals surface area contributed by atoms with Crippen molar-refractivity contribution in [2.24, 2.45) is 0 Å². The van der Waals surface area contributed by atoms with Gasteiger partial charge in [-0.05, 0) is 23.6 Å². The van der Waals surface area contributed by atoms with Crippen molar-refractivity contribution in [2.45, 2.75) is 67.9 Å². The highest BCUT2D eigenvalue weighted by molar-refractivity contribution is 8.00. The number of aliphatic hydroxyl groups is 1. The SMILES string of the molecule is CCCC[C@@H](Sc1ccccc1)[C@@H](O)[Si](c1ccccc1)(c1ccccc1)C(C)(C)C. The Hall–Kier alpha value is -1.81. The third kappa shape index (κ3) is 5.16. The fourth-order valence-corrected chi connectivity index (χ4v) is 12.5. The largest absolute Gasteiger partial charge is 0.395 e. The molecular formula is C28H36OSSi. The molecule has 0 saturated carbocycles. The summed E-state index contributed by atoms with van der Waals surface area (Å²) in [5.74, 6) is 0. The fraction of sp³-hybridized carbons (Fsp3) is 0.357. The zero-order valence-corrected chi connectivity index (χ0v) is 21.1. The lowest BCUT2D eigenvalue weighted by molar-refractivity contribution is 0.231. The minimum absolute atomic E-state index is 0.0587. The summed E-state index contributed by atoms with van der Waals surface area (Å²) in [5, 5.41) is 15.1. The number of hydrogen-bond donors (Lipinski definition) is 1. The Bertz CT molecular complexity index is 867. The van der Waals surface area contributed by atoms with Crippen LogP contribution < -0.4 is 10.4 Å². The Labute approximate surface area is 193 Å². The molecule has 0 aromatic heterocycles. The van der Waals surface area contributed by atoms with E-state index < -0.39 is 13.8 Å². The highest BCUT2D eigenvalue weighted by Gasteiger charge is 2.55. The molecule has 0 aliphatic rings. The van der Waals surface area contributed by atoms with Crippen LogP contribution >= 0.6 is 11.8 Å². The van der Waals surface area contributed by atoms with Crippen molar-refractivity contribution in [3.63, 3.8) is 0 Å². The molecule has 0 heterocycles. The van der Waals surface area contributed by atoms with Crippen LogP contribution in [-0.4, -0.2) is 24.2 Å². The van der Waals surface area contributed by atoms with E-state index in [1.165, 1.54) is 15.3 Å². The quantitative estimate of drug-likeness (QED) is 0.306. The van der Waals surface area contributed by atoms with Gasteiger partial charge in [-0.15, -0.1) is 11.8 Å². The van der Waals surface area contributed by atoms with E-state index in [1.54, 1.807) is 0 Å². The van der Waals surface area contributed by atoms with Crippen molar-refractivity contribution in [3.05, 3.63) is 91.0 Å². The maximum Gasteiger partial charge on any atom is 0.155 e. The molecule has 0 spiro atoms. The molecule has 0 saturated heterocycles. The molecule has 3 aromatic rings. The Balaban J connectivity index is 2.18. The van der Waals surface area contributed by atoms with E-state index in [4.69, 9.17) is 0 Å². The lowest BCUT2D eigenvalue weighted by atomic mass is 10.2. The molecular weight excluding hydrogens is 412 g/mol. The van der Waals surface area contributed by atoms with E-state index in [0.717, 1.165) is 19.3 Å². The van der Waals surface area contributed by atoms with Gasteiger partial charge in [-0.1, -0.05) is 130 Å². The zero-order chi connectivity index (χ0) is 22.3. The third-order valence-electron chi connectivity index (χ3n) is 6.31. The van der Waals surface area contributed by atoms with Gasteiger partial charge in [0.25, 0.3) is 0 Å². The standard InChI is InChI=1S/C28H36OSSi/c1-5-6-22-26(30-23-16-10-7-11-17-23)27(29)31(28(2,3)4,24-18-12-8-13-19-24)25-20-14-9-15-21-25/h7-21,26-27,29H,5-6,22H2,1-4H3/t26-,27+/m1/s1. The summed E-state index contributed by atoms with van der Waals surface area (Å²) in [4.78, 5) is 1.24. The molecule has 164 valence electrons. The number of benzene rings is 3. The second-order valence-electron chi connectivity index (χ2n) is 9.35. The number of rotatable bonds is 9. The molecule has 0 bridgehead atoms. The highest BCUT2D eigenvalue weighted by atomic mass is 32.2. The first-order valence-electron chi connectivity index (χ1n) is 11.4. The Kier molecular flexibility index (Phi) is 8.21. The van der Waals surface area contributed by atoms with Crippen molar-refractivity contribution in [1.82, 2.24) is 0 Å². The summed E-state index contributed by atoms with van der Waals surface area (Å²) in [6, 6.07) is 32.2. The molecule has 1 nitrogen and oxygen atoms in total. The first-order valence-corrected chi connectivity index (χ1v) is 14.4. The molecule has 0 radical (unpaired) electrons. The number of aliphatic hydroxyl groups excluding tert-OH is 1. The molecule has 0 amide bonds. The van der Waals surface area contributed by atoms with Gasteiger partial charge in [0, 0.05) is 10.1 Å². The summed E-state index contributed by atoms with van der Waals surface area (Å²) in [7, 11) is -2.58. The van der Waals surface area contributed by atoms with Crippen molar-refractivity contribution in [3.8, 4) is 0 Å². The summed E-state index contributed by atoms with van der Waals surface area (Å²) in [5.41, 5.74) is -0.408. The van der Waals surface area contributed by atoms with Gasteiger partial charge >= 0.3 is 0 Å². The lowest BCUT2D eigenvalue weighted by Gasteiger charge is -2.49. The van der Waals surface area contributed by atoms with E-state index in [1.807, 2.05) is 11.8 Å². The van der Waals surface area contributed by atoms with Crippen molar-refractivity contribution in [2.75, 3.05) is 0 Å². The maximum absolute atomic E-state index is 12.4. The summed E-state index contributed by atoms with van der Waals surface area (Å²) in [6.45, 7) is 9.21. The molecule has 3 aromatic carbocycles. The lowest BCUT2D eigenvalue weighted by Crippen LogP contribution is -2.73. The molecule has 0 aliphatic carbocycles. The van der Waals surface area contributed by atoms with Gasteiger partial charge in [-0.25, -0.2) is 0 Å². The molecule has 3 heteroatoms. The molecule has 3 rings (SSSR count). The number of hydrogen-bond acceptors (Lipinski definition) is 2. The normalized spacial score (nSPS) is 14.2. The highest BCUT2D eigenvalue weighted by Crippen LogP contribution is 2.42. The topological polar surface area (TPSA) is 20.2 Å². The average Bonchev–Trinajstić information content (AvgIpc) is 2.78. The van der Waals surface area contributed by atoms with Crippen molar-refractivity contribution < 1.29 is 5.11 Å². The molecule has 0 fully saturated rings. The van der Waals surface area contributed by atoms with Crippen LogP contribution in [0.25, 0.3) is 0 Å². The van der Waals surface area contributed by atoms with E-state index >= 15 is 0 Å². The van der Waals surface area contributed by atoms with Crippen LogP contribution in [0.2, 0.25) is 5.04 Å². The van der Waals surface area contributed by atoms with Gasteiger partial charge in [0.05, 0.1) is 5.73 Å². The van der Waals surface area contributed by atoms with E-state index in [0.29, 0.717) is 0 Å². The summed E-state index contributed by atoms with van der Waals surface area (Å²) < 4.78 is 0. The maximum atomic E-state index is 12.4. The fourth-order valence-electron chi connectivity index (χ4n) is 4.86. The Morgan fingerprint density at radius 2 is 1.23 bits per heavy atom. The van der Waals surface area contributed by atoms with E-state index in [9.17, 15) is 5.11 Å². The van der Waals surface area contributed by atoms with Crippen LogP contribution in [-0.2, 0) is 0 Å². The van der Waals surface area contributed by atoms with Crippen LogP contribution in [0.15, 0.2) is 95.9 Å². The molecule has 2 atom stereocenters. The molecule has 0 aliphatic heterocycles. The van der Waals surface area contributed by atoms with E-state index in [-0.39, 0.29) is 10.3 Å². The van der Waals surface area contributed by atoms with Crippen LogP contribution in [0.5, 0.6) is 0 Å². The second-order valence-corrected chi connectivity index (χ2v) is 15.5. The smallest absolute Gasteiger partial charge is 0.155 e. The first kappa shape index (κ1) is 23.8. The Morgan fingerprint density at radius 3 is 1.65 bits per heavy atom. The van der Waals surface area contributed by atoms with Crippen LogP contribution in [0, 0.1) is 0 Å². The van der Waals surface area contributed by atoms with Gasteiger partial charge < -0.3 is 5.11 Å². The second kappa shape index (κ2) is 10.7. The van der Waals surface area contributed by atoms with Gasteiger partial charge in [0.15, 0.2) is 8.07 Å². The van der Waals surface area contributed by atoms with Gasteiger partial charge in [0.2, 0.25) is 0 Å². The van der Waals surface area contributed by atoms with Crippen LogP contribution in [0.1, 0.15) is 47.0 Å². The molecule has 1 N–H and O–H groups in total. The number of unbranched alkanes of at least 4 members (excludes halogenated alkanes) is 1. The molecule has 31 heavy (non-hydrogen) atoms. The van der Waals surface area contributed by atoms with Gasteiger partial charge in [0.1, 0.15) is 0 Å².